The minimum Gasteiger partial charge on any atom is -0.497 e. The van der Waals surface area contributed by atoms with Gasteiger partial charge in [0.15, 0.2) is 0 Å². The lowest BCUT2D eigenvalue weighted by molar-refractivity contribution is -0.129. The maximum Gasteiger partial charge on any atom is 0.258 e. The summed E-state index contributed by atoms with van der Waals surface area (Å²) >= 11 is 0. The summed E-state index contributed by atoms with van der Waals surface area (Å²) in [5, 5.41) is 2.79. The highest BCUT2D eigenvalue weighted by molar-refractivity contribution is 6.03. The highest BCUT2D eigenvalue weighted by Gasteiger charge is 2.20. The van der Waals surface area contributed by atoms with Gasteiger partial charge in [0.1, 0.15) is 5.75 Å². The largest absolute Gasteiger partial charge is 0.497 e. The van der Waals surface area contributed by atoms with Crippen molar-refractivity contribution in [3.8, 4) is 5.75 Å². The fraction of sp³-hybridized carbons (Fsp3) is 0.333. The lowest BCUT2D eigenvalue weighted by atomic mass is 10.2. The highest BCUT2D eigenvalue weighted by Crippen LogP contribution is 2.16. The summed E-state index contributed by atoms with van der Waals surface area (Å²) in [6.45, 7) is 4.23. The third-order valence-electron chi connectivity index (χ3n) is 4.26. The zero-order valence-corrected chi connectivity index (χ0v) is 14.8. The van der Waals surface area contributed by atoms with Gasteiger partial charge < -0.3 is 19.9 Å². The average molecular weight is 355 g/mol. The van der Waals surface area contributed by atoms with Crippen molar-refractivity contribution in [3.63, 3.8) is 0 Å². The van der Waals surface area contributed by atoms with Crippen LogP contribution in [0, 0.1) is 0 Å². The molecule has 1 fully saturated rings. The van der Waals surface area contributed by atoms with Gasteiger partial charge in [-0.1, -0.05) is 0 Å². The lowest BCUT2D eigenvalue weighted by Crippen LogP contribution is -2.48. The number of benzene rings is 1. The molecule has 0 atom stereocenters. The van der Waals surface area contributed by atoms with Crippen LogP contribution in [0.2, 0.25) is 0 Å². The van der Waals surface area contributed by atoms with E-state index in [0.717, 1.165) is 5.75 Å². The van der Waals surface area contributed by atoms with E-state index >= 15 is 0 Å². The molecule has 136 valence electrons. The van der Waals surface area contributed by atoms with Crippen LogP contribution in [0.25, 0.3) is 0 Å². The Hall–Kier alpha value is -3.16. The first-order chi connectivity index (χ1) is 12.6. The number of rotatable bonds is 4. The molecule has 3 rings (SSSR count). The van der Waals surface area contributed by atoms with E-state index in [9.17, 15) is 9.59 Å². The van der Waals surface area contributed by atoms with E-state index in [4.69, 9.17) is 4.74 Å². The molecule has 8 heteroatoms. The number of nitrogens with zero attached hydrogens (tertiary/aromatic N) is 4. The number of nitrogens with one attached hydrogen (secondary N) is 1. The second kappa shape index (κ2) is 7.81. The quantitative estimate of drug-likeness (QED) is 0.892. The fourth-order valence-electron chi connectivity index (χ4n) is 2.70. The highest BCUT2D eigenvalue weighted by atomic mass is 16.5. The molecule has 0 bridgehead atoms. The van der Waals surface area contributed by atoms with Gasteiger partial charge in [0.05, 0.1) is 12.7 Å². The van der Waals surface area contributed by atoms with E-state index in [1.807, 2.05) is 4.90 Å². The second-order valence-electron chi connectivity index (χ2n) is 5.95. The van der Waals surface area contributed by atoms with E-state index in [1.165, 1.54) is 12.4 Å². The van der Waals surface area contributed by atoms with Crippen molar-refractivity contribution >= 4 is 23.5 Å². The van der Waals surface area contributed by atoms with Crippen molar-refractivity contribution in [1.82, 2.24) is 14.9 Å². The van der Waals surface area contributed by atoms with Crippen molar-refractivity contribution in [2.24, 2.45) is 0 Å². The molecule has 2 amide bonds. The first-order valence-corrected chi connectivity index (χ1v) is 8.35. The zero-order chi connectivity index (χ0) is 18.5. The van der Waals surface area contributed by atoms with E-state index in [1.54, 1.807) is 43.2 Å². The van der Waals surface area contributed by atoms with Gasteiger partial charge >= 0.3 is 0 Å². The Morgan fingerprint density at radius 2 is 1.65 bits per heavy atom. The Morgan fingerprint density at radius 3 is 2.19 bits per heavy atom. The number of hydrogen-bond donors (Lipinski definition) is 1. The van der Waals surface area contributed by atoms with Crippen molar-refractivity contribution in [1.29, 1.82) is 0 Å². The summed E-state index contributed by atoms with van der Waals surface area (Å²) in [6, 6.07) is 7.08. The maximum atomic E-state index is 12.3. The predicted octanol–water partition coefficient (Wildman–Crippen LogP) is 1.41. The van der Waals surface area contributed by atoms with E-state index in [2.05, 4.69) is 15.3 Å². The molecular weight excluding hydrogens is 334 g/mol. The first kappa shape index (κ1) is 17.7. The number of piperazine rings is 1. The molecule has 8 nitrogen and oxygen atoms in total. The van der Waals surface area contributed by atoms with E-state index in [0.29, 0.717) is 43.4 Å². The number of amides is 2. The smallest absolute Gasteiger partial charge is 0.258 e. The molecule has 0 aliphatic carbocycles. The Kier molecular flexibility index (Phi) is 5.31. The van der Waals surface area contributed by atoms with Crippen LogP contribution in [0.5, 0.6) is 5.75 Å². The maximum absolute atomic E-state index is 12.3. The topological polar surface area (TPSA) is 87.7 Å². The normalized spacial score (nSPS) is 14.1. The molecule has 0 spiro atoms. The third-order valence-corrected chi connectivity index (χ3v) is 4.26. The number of methoxy groups -OCH3 is 1. The van der Waals surface area contributed by atoms with Crippen molar-refractivity contribution in [3.05, 3.63) is 42.2 Å². The molecule has 0 radical (unpaired) electrons. The Bertz CT molecular complexity index is 768. The zero-order valence-electron chi connectivity index (χ0n) is 14.8. The van der Waals surface area contributed by atoms with Gasteiger partial charge in [-0.2, -0.15) is 0 Å². The van der Waals surface area contributed by atoms with Crippen molar-refractivity contribution in [2.45, 2.75) is 6.92 Å². The molecule has 1 N–H and O–H groups in total. The molecular formula is C18H21N5O3. The minimum absolute atomic E-state index is 0.0797. The average Bonchev–Trinajstić information content (AvgIpc) is 2.69. The van der Waals surface area contributed by atoms with Gasteiger partial charge in [0, 0.05) is 51.2 Å². The monoisotopic (exact) mass is 355 g/mol. The number of carbonyl (C=O) groups is 2. The number of anilines is 2. The van der Waals surface area contributed by atoms with Gasteiger partial charge in [-0.15, -0.1) is 0 Å². The van der Waals surface area contributed by atoms with Gasteiger partial charge in [-0.05, 0) is 24.3 Å². The molecule has 1 aromatic carbocycles. The van der Waals surface area contributed by atoms with Gasteiger partial charge in [0.25, 0.3) is 5.91 Å². The molecule has 2 heterocycles. The van der Waals surface area contributed by atoms with Crippen LogP contribution in [-0.4, -0.2) is 60.0 Å². The minimum atomic E-state index is -0.275. The van der Waals surface area contributed by atoms with Crippen LogP contribution in [-0.2, 0) is 4.79 Å². The first-order valence-electron chi connectivity index (χ1n) is 8.35. The van der Waals surface area contributed by atoms with Crippen LogP contribution >= 0.6 is 0 Å². The number of hydrogen-bond acceptors (Lipinski definition) is 6. The molecule has 0 saturated carbocycles. The summed E-state index contributed by atoms with van der Waals surface area (Å²) < 4.78 is 5.09. The van der Waals surface area contributed by atoms with Gasteiger partial charge in [0.2, 0.25) is 11.9 Å². The third kappa shape index (κ3) is 4.08. The van der Waals surface area contributed by atoms with Crippen LogP contribution in [0.3, 0.4) is 0 Å². The number of aromatic nitrogens is 2. The van der Waals surface area contributed by atoms with Crippen molar-refractivity contribution < 1.29 is 14.3 Å². The molecule has 1 aliphatic heterocycles. The summed E-state index contributed by atoms with van der Waals surface area (Å²) in [7, 11) is 1.59. The van der Waals surface area contributed by atoms with Crippen LogP contribution in [0.1, 0.15) is 17.3 Å². The van der Waals surface area contributed by atoms with Crippen LogP contribution < -0.4 is 15.0 Å². The summed E-state index contributed by atoms with van der Waals surface area (Å²) in [4.78, 5) is 36.1. The molecule has 1 saturated heterocycles. The standard InChI is InChI=1S/C18H21N5O3/c1-13(24)22-7-9-23(10-8-22)18-19-11-14(12-20-18)17(25)21-15-3-5-16(26-2)6-4-15/h3-6,11-12H,7-10H2,1-2H3,(H,21,25). The van der Waals surface area contributed by atoms with Crippen LogP contribution in [0.15, 0.2) is 36.7 Å². The van der Waals surface area contributed by atoms with Crippen LogP contribution in [0.4, 0.5) is 11.6 Å². The summed E-state index contributed by atoms with van der Waals surface area (Å²) in [5.41, 5.74) is 1.05. The molecule has 26 heavy (non-hydrogen) atoms. The molecule has 1 aliphatic rings. The molecule has 1 aromatic heterocycles. The fourth-order valence-corrected chi connectivity index (χ4v) is 2.70. The summed E-state index contributed by atoms with van der Waals surface area (Å²) in [5.74, 6) is 1.09. The number of ether oxygens (including phenoxy) is 1. The van der Waals surface area contributed by atoms with Gasteiger partial charge in [-0.3, -0.25) is 9.59 Å². The van der Waals surface area contributed by atoms with E-state index < -0.39 is 0 Å². The second-order valence-corrected chi connectivity index (χ2v) is 5.95. The van der Waals surface area contributed by atoms with E-state index in [-0.39, 0.29) is 11.8 Å². The number of carbonyl (C=O) groups excluding carboxylic acids is 2. The Labute approximate surface area is 151 Å². The SMILES string of the molecule is COc1ccc(NC(=O)c2cnc(N3CCN(C(C)=O)CC3)nc2)cc1. The molecule has 2 aromatic rings. The van der Waals surface area contributed by atoms with Gasteiger partial charge in [-0.25, -0.2) is 9.97 Å². The summed E-state index contributed by atoms with van der Waals surface area (Å²) in [6.07, 6.45) is 3.02. The Balaban J connectivity index is 1.60. The lowest BCUT2D eigenvalue weighted by Gasteiger charge is -2.34. The molecule has 0 unspecified atom stereocenters. The van der Waals surface area contributed by atoms with Crippen molar-refractivity contribution in [2.75, 3.05) is 43.5 Å². The predicted molar refractivity (Wildman–Crippen MR) is 97.4 cm³/mol. The Morgan fingerprint density at radius 1 is 1.04 bits per heavy atom.